The lowest BCUT2D eigenvalue weighted by molar-refractivity contribution is -0.138. The van der Waals surface area contributed by atoms with Gasteiger partial charge in [0.25, 0.3) is 0 Å². The molecule has 0 unspecified atom stereocenters. The van der Waals surface area contributed by atoms with Crippen LogP contribution >= 0.6 is 12.6 Å². The van der Waals surface area contributed by atoms with Crippen molar-refractivity contribution in [2.75, 3.05) is 16.4 Å². The van der Waals surface area contributed by atoms with Gasteiger partial charge in [0, 0.05) is 17.1 Å². The number of aryl methyl sites for hydroxylation is 2. The van der Waals surface area contributed by atoms with Crippen molar-refractivity contribution in [1.82, 2.24) is 15.0 Å². The fourth-order valence-electron chi connectivity index (χ4n) is 2.48. The van der Waals surface area contributed by atoms with Crippen molar-refractivity contribution in [3.8, 4) is 0 Å². The summed E-state index contributed by atoms with van der Waals surface area (Å²) < 4.78 is 4.73. The van der Waals surface area contributed by atoms with Gasteiger partial charge in [-0.1, -0.05) is 17.7 Å². The number of hydrogen-bond acceptors (Lipinski definition) is 10. The molecule has 3 aromatic rings. The zero-order chi connectivity index (χ0) is 22.4. The van der Waals surface area contributed by atoms with Crippen molar-refractivity contribution in [1.29, 1.82) is 0 Å². The molecular weight excluding hydrogens is 416 g/mol. The van der Waals surface area contributed by atoms with E-state index in [9.17, 15) is 9.59 Å². The molecule has 10 heteroatoms. The molecule has 3 rings (SSSR count). The highest BCUT2D eigenvalue weighted by Crippen LogP contribution is 2.18. The summed E-state index contributed by atoms with van der Waals surface area (Å²) in [6, 6.07) is 13.2. The van der Waals surface area contributed by atoms with Gasteiger partial charge in [-0.2, -0.15) is 27.6 Å². The highest BCUT2D eigenvalue weighted by molar-refractivity contribution is 7.80. The van der Waals surface area contributed by atoms with E-state index in [1.165, 1.54) is 12.1 Å². The Kier molecular flexibility index (Phi) is 7.16. The van der Waals surface area contributed by atoms with Gasteiger partial charge < -0.3 is 21.1 Å². The Hall–Kier alpha value is -3.50. The molecule has 0 saturated heterocycles. The molecule has 0 bridgehead atoms. The normalized spacial score (nSPS) is 11.5. The fraction of sp³-hybridized carbons (Fsp3) is 0.190. The fourth-order valence-corrected chi connectivity index (χ4v) is 2.63. The molecule has 1 heterocycles. The number of nitrogens with zero attached hydrogens (tertiary/aromatic N) is 3. The number of hydrogen-bond donors (Lipinski definition) is 4. The van der Waals surface area contributed by atoms with E-state index in [-0.39, 0.29) is 11.3 Å². The first-order valence-corrected chi connectivity index (χ1v) is 10.0. The average molecular weight is 439 g/mol. The number of benzene rings is 2. The first kappa shape index (κ1) is 22.2. The van der Waals surface area contributed by atoms with Gasteiger partial charge in [-0.15, -0.1) is 0 Å². The van der Waals surface area contributed by atoms with Crippen molar-refractivity contribution < 1.29 is 14.3 Å². The van der Waals surface area contributed by atoms with Gasteiger partial charge in [-0.25, -0.2) is 9.59 Å². The van der Waals surface area contributed by atoms with Crippen molar-refractivity contribution in [2.45, 2.75) is 19.9 Å². The van der Waals surface area contributed by atoms with Crippen LogP contribution in [-0.2, 0) is 9.53 Å². The van der Waals surface area contributed by atoms with Crippen LogP contribution in [-0.4, -0.2) is 38.7 Å². The highest BCUT2D eigenvalue weighted by Gasteiger charge is 2.18. The first-order chi connectivity index (χ1) is 14.8. The summed E-state index contributed by atoms with van der Waals surface area (Å²) in [6.45, 7) is 3.78. The quantitative estimate of drug-likeness (QED) is 0.250. The summed E-state index contributed by atoms with van der Waals surface area (Å²) in [4.78, 5) is 36.6. The molecule has 0 amide bonds. The lowest BCUT2D eigenvalue weighted by Gasteiger charge is -2.10. The number of ether oxygens (including phenoxy) is 1. The second-order valence-electron chi connectivity index (χ2n) is 6.72. The molecule has 0 aliphatic carbocycles. The molecule has 1 aromatic heterocycles. The molecule has 0 radical (unpaired) electrons. The zero-order valence-corrected chi connectivity index (χ0v) is 17.9. The maximum Gasteiger partial charge on any atom is 0.345 e. The second kappa shape index (κ2) is 10.0. The van der Waals surface area contributed by atoms with E-state index in [1.807, 2.05) is 31.2 Å². The minimum absolute atomic E-state index is 0.0844. The minimum atomic E-state index is -0.956. The number of carbonyl (C=O) groups excluding carboxylic acids is 2. The topological polar surface area (TPSA) is 132 Å². The van der Waals surface area contributed by atoms with Crippen LogP contribution in [0.3, 0.4) is 0 Å². The summed E-state index contributed by atoms with van der Waals surface area (Å²) in [7, 11) is 0. The van der Waals surface area contributed by atoms with Crippen LogP contribution in [0.2, 0.25) is 0 Å². The maximum atomic E-state index is 12.0. The number of aromatic nitrogens is 3. The number of esters is 2. The zero-order valence-electron chi connectivity index (χ0n) is 17.0. The summed E-state index contributed by atoms with van der Waals surface area (Å²) in [5, 5.41) is 6.21. The molecule has 0 spiro atoms. The van der Waals surface area contributed by atoms with Crippen LogP contribution in [0.25, 0.3) is 0 Å². The number of anilines is 4. The number of carbonyl (C=O) groups is 2. The third-order valence-corrected chi connectivity index (χ3v) is 4.52. The molecule has 160 valence electrons. The van der Waals surface area contributed by atoms with Crippen molar-refractivity contribution in [3.63, 3.8) is 0 Å². The number of nitrogens with one attached hydrogen (secondary N) is 2. The lowest BCUT2D eigenvalue weighted by Crippen LogP contribution is -2.35. The van der Waals surface area contributed by atoms with Crippen LogP contribution in [0.5, 0.6) is 0 Å². The number of rotatable bonds is 7. The summed E-state index contributed by atoms with van der Waals surface area (Å²) in [5.74, 6) is -0.246. The maximum absolute atomic E-state index is 12.0. The Balaban J connectivity index is 1.68. The van der Waals surface area contributed by atoms with Gasteiger partial charge in [-0.3, -0.25) is 0 Å². The van der Waals surface area contributed by atoms with Gasteiger partial charge in [0.15, 0.2) is 0 Å². The van der Waals surface area contributed by atoms with E-state index in [0.29, 0.717) is 23.4 Å². The average Bonchev–Trinajstić information content (AvgIpc) is 2.74. The predicted molar refractivity (Wildman–Crippen MR) is 121 cm³/mol. The van der Waals surface area contributed by atoms with Crippen molar-refractivity contribution in [3.05, 3.63) is 65.5 Å². The number of nitrogens with two attached hydrogens (primary N) is 1. The third kappa shape index (κ3) is 6.24. The number of thiol groups is 1. The Morgan fingerprint density at radius 2 is 1.45 bits per heavy atom. The molecule has 1 atom stereocenters. The second-order valence-corrected chi connectivity index (χ2v) is 7.09. The Morgan fingerprint density at radius 1 is 0.935 bits per heavy atom. The van der Waals surface area contributed by atoms with Crippen LogP contribution in [0, 0.1) is 13.8 Å². The molecule has 0 aliphatic heterocycles. The molecule has 2 aromatic carbocycles. The van der Waals surface area contributed by atoms with Crippen LogP contribution < -0.4 is 16.4 Å². The molecule has 31 heavy (non-hydrogen) atoms. The molecule has 9 nitrogen and oxygen atoms in total. The van der Waals surface area contributed by atoms with Gasteiger partial charge in [0.05, 0.1) is 5.56 Å². The molecular formula is C21H22N6O3S. The van der Waals surface area contributed by atoms with E-state index in [4.69, 9.17) is 10.5 Å². The molecule has 4 N–H and O–H groups in total. The largest absolute Gasteiger partial charge is 0.388 e. The molecule has 0 saturated carbocycles. The highest BCUT2D eigenvalue weighted by atomic mass is 32.1. The first-order valence-electron chi connectivity index (χ1n) is 9.40. The van der Waals surface area contributed by atoms with Gasteiger partial charge in [0.1, 0.15) is 11.9 Å². The van der Waals surface area contributed by atoms with E-state index in [2.05, 4.69) is 38.2 Å². The Bertz CT molecular complexity index is 1070. The van der Waals surface area contributed by atoms with Crippen molar-refractivity contribution in [2.24, 2.45) is 5.73 Å². The van der Waals surface area contributed by atoms with Crippen molar-refractivity contribution >= 4 is 47.8 Å². The molecule has 0 fully saturated rings. The summed E-state index contributed by atoms with van der Waals surface area (Å²) in [5.41, 5.74) is 8.36. The van der Waals surface area contributed by atoms with E-state index >= 15 is 0 Å². The Morgan fingerprint density at radius 3 is 1.97 bits per heavy atom. The van der Waals surface area contributed by atoms with E-state index in [1.54, 1.807) is 19.1 Å². The van der Waals surface area contributed by atoms with Gasteiger partial charge in [-0.05, 0) is 50.2 Å². The van der Waals surface area contributed by atoms with Crippen LogP contribution in [0.4, 0.5) is 23.3 Å². The summed E-state index contributed by atoms with van der Waals surface area (Å²) in [6.07, 6.45) is 0. The van der Waals surface area contributed by atoms with E-state index < -0.39 is 18.0 Å². The monoisotopic (exact) mass is 438 g/mol. The predicted octanol–water partition coefficient (Wildman–Crippen LogP) is 2.92. The van der Waals surface area contributed by atoms with Gasteiger partial charge in [0.2, 0.25) is 11.9 Å². The standard InChI is InChI=1S/C21H22N6O3S/c1-12-3-7-15(8-4-12)25-20-23-13(2)24-21(27-20)26-16-9-5-14(6-10-16)18(28)30-19(29)17(22)11-31/h3-10,17,31H,11,22H2,1-2H3,(H2,23,24,25,26,27)/t17-/m0/s1. The SMILES string of the molecule is Cc1ccc(Nc2nc(C)nc(Nc3ccc(C(=O)OC(=O)[C@@H](N)CS)cc3)n2)cc1. The van der Waals surface area contributed by atoms with Crippen LogP contribution in [0.15, 0.2) is 48.5 Å². The molecule has 0 aliphatic rings. The smallest absolute Gasteiger partial charge is 0.345 e. The lowest BCUT2D eigenvalue weighted by atomic mass is 10.2. The summed E-state index contributed by atoms with van der Waals surface area (Å²) >= 11 is 3.91. The Labute approximate surface area is 184 Å². The minimum Gasteiger partial charge on any atom is -0.388 e. The third-order valence-electron chi connectivity index (χ3n) is 4.12. The van der Waals surface area contributed by atoms with Gasteiger partial charge >= 0.3 is 11.9 Å². The van der Waals surface area contributed by atoms with E-state index in [0.717, 1.165) is 11.3 Å². The van der Waals surface area contributed by atoms with Crippen LogP contribution in [0.1, 0.15) is 21.7 Å².